The van der Waals surface area contributed by atoms with E-state index >= 15 is 0 Å². The zero-order valence-corrected chi connectivity index (χ0v) is 11.3. The summed E-state index contributed by atoms with van der Waals surface area (Å²) in [6.07, 6.45) is 0.612. The molecule has 1 aromatic heterocycles. The Morgan fingerprint density at radius 1 is 1.40 bits per heavy atom. The average Bonchev–Trinajstić information content (AvgIpc) is 2.88. The summed E-state index contributed by atoms with van der Waals surface area (Å²) in [5, 5.41) is 10.1. The molecule has 20 heavy (non-hydrogen) atoms. The van der Waals surface area contributed by atoms with E-state index in [4.69, 9.17) is 4.42 Å². The predicted molar refractivity (Wildman–Crippen MR) is 69.4 cm³/mol. The van der Waals surface area contributed by atoms with Crippen LogP contribution in [0.4, 0.5) is 14.5 Å². The van der Waals surface area contributed by atoms with E-state index in [1.165, 1.54) is 0 Å². The fraction of sp³-hybridized carbons (Fsp3) is 0.250. The van der Waals surface area contributed by atoms with E-state index in [9.17, 15) is 13.6 Å². The smallest absolute Gasteiger partial charge is 0.277 e. The molecule has 0 aliphatic heterocycles. The molecule has 1 heterocycles. The Labute approximate surface area is 117 Å². The van der Waals surface area contributed by atoms with Gasteiger partial charge in [0.25, 0.3) is 5.22 Å². The minimum Gasteiger partial charge on any atom is -0.416 e. The number of rotatable bonds is 5. The van der Waals surface area contributed by atoms with Gasteiger partial charge in [-0.1, -0.05) is 18.7 Å². The third-order valence-corrected chi connectivity index (χ3v) is 3.10. The summed E-state index contributed by atoms with van der Waals surface area (Å²) in [6, 6.07) is 2.93. The Morgan fingerprint density at radius 2 is 2.20 bits per heavy atom. The highest BCUT2D eigenvalue weighted by Crippen LogP contribution is 2.18. The maximum Gasteiger partial charge on any atom is 0.277 e. The standard InChI is InChI=1S/C12H11F2N3O2S/c1-2-11-16-17-12(19-11)20-6-10(18)15-9-4-3-7(13)5-8(9)14/h3-5H,2,6H2,1H3,(H,15,18). The number of anilines is 1. The minimum atomic E-state index is -0.825. The lowest BCUT2D eigenvalue weighted by Gasteiger charge is -2.05. The molecule has 0 fully saturated rings. The van der Waals surface area contributed by atoms with Gasteiger partial charge in [0.05, 0.1) is 11.4 Å². The van der Waals surface area contributed by atoms with Gasteiger partial charge in [-0.15, -0.1) is 10.2 Å². The number of aromatic nitrogens is 2. The van der Waals surface area contributed by atoms with E-state index in [2.05, 4.69) is 15.5 Å². The molecule has 0 atom stereocenters. The largest absolute Gasteiger partial charge is 0.416 e. The van der Waals surface area contributed by atoms with Gasteiger partial charge in [0, 0.05) is 12.5 Å². The summed E-state index contributed by atoms with van der Waals surface area (Å²) in [4.78, 5) is 11.6. The number of benzene rings is 1. The maximum atomic E-state index is 13.3. The summed E-state index contributed by atoms with van der Waals surface area (Å²) in [5.41, 5.74) is -0.0724. The fourth-order valence-corrected chi connectivity index (χ4v) is 1.92. The van der Waals surface area contributed by atoms with E-state index in [0.717, 1.165) is 23.9 Å². The summed E-state index contributed by atoms with van der Waals surface area (Å²) in [6.45, 7) is 1.87. The molecule has 0 bridgehead atoms. The van der Waals surface area contributed by atoms with Crippen LogP contribution in [0.2, 0.25) is 0 Å². The quantitative estimate of drug-likeness (QED) is 0.860. The minimum absolute atomic E-state index is 0.0117. The zero-order valence-electron chi connectivity index (χ0n) is 10.5. The lowest BCUT2D eigenvalue weighted by molar-refractivity contribution is -0.113. The van der Waals surface area contributed by atoms with E-state index in [1.54, 1.807) is 0 Å². The van der Waals surface area contributed by atoms with E-state index in [1.807, 2.05) is 6.92 Å². The van der Waals surface area contributed by atoms with Crippen LogP contribution in [0.1, 0.15) is 12.8 Å². The molecule has 1 aromatic carbocycles. The van der Waals surface area contributed by atoms with Crippen molar-refractivity contribution in [3.05, 3.63) is 35.7 Å². The van der Waals surface area contributed by atoms with E-state index < -0.39 is 17.5 Å². The Hall–Kier alpha value is -1.96. The van der Waals surface area contributed by atoms with Gasteiger partial charge in [0.15, 0.2) is 0 Å². The highest BCUT2D eigenvalue weighted by atomic mass is 32.2. The molecule has 2 aromatic rings. The Kier molecular flexibility index (Phi) is 4.67. The van der Waals surface area contributed by atoms with Crippen molar-refractivity contribution in [2.75, 3.05) is 11.1 Å². The Balaban J connectivity index is 1.89. The van der Waals surface area contributed by atoms with Crippen molar-refractivity contribution in [1.29, 1.82) is 0 Å². The van der Waals surface area contributed by atoms with E-state index in [-0.39, 0.29) is 16.7 Å². The van der Waals surface area contributed by atoms with Crippen LogP contribution in [-0.4, -0.2) is 21.9 Å². The number of aryl methyl sites for hydroxylation is 1. The molecule has 0 unspecified atom stereocenters. The van der Waals surface area contributed by atoms with Crippen molar-refractivity contribution in [1.82, 2.24) is 10.2 Å². The molecule has 1 N–H and O–H groups in total. The first kappa shape index (κ1) is 14.4. The highest BCUT2D eigenvalue weighted by Gasteiger charge is 2.11. The highest BCUT2D eigenvalue weighted by molar-refractivity contribution is 7.99. The molecule has 2 rings (SSSR count). The van der Waals surface area contributed by atoms with Crippen LogP contribution in [0.15, 0.2) is 27.8 Å². The number of carbonyl (C=O) groups is 1. The molecule has 1 amide bonds. The Bertz CT molecular complexity index is 618. The fourth-order valence-electron chi connectivity index (χ4n) is 1.34. The first-order valence-corrected chi connectivity index (χ1v) is 6.77. The van der Waals surface area contributed by atoms with Gasteiger partial charge in [-0.05, 0) is 12.1 Å². The van der Waals surface area contributed by atoms with Crippen LogP contribution in [0.25, 0.3) is 0 Å². The van der Waals surface area contributed by atoms with Crippen LogP contribution < -0.4 is 5.32 Å². The maximum absolute atomic E-state index is 13.3. The second-order valence-corrected chi connectivity index (χ2v) is 4.70. The number of halogens is 2. The number of carbonyl (C=O) groups excluding carboxylic acids is 1. The second kappa shape index (κ2) is 6.47. The molecule has 0 saturated carbocycles. The van der Waals surface area contributed by atoms with Crippen molar-refractivity contribution in [3.63, 3.8) is 0 Å². The van der Waals surface area contributed by atoms with Gasteiger partial charge in [0.1, 0.15) is 11.6 Å². The van der Waals surface area contributed by atoms with Crippen LogP contribution in [0, 0.1) is 11.6 Å². The predicted octanol–water partition coefficient (Wildman–Crippen LogP) is 2.64. The molecule has 0 spiro atoms. The van der Waals surface area contributed by atoms with Gasteiger partial charge >= 0.3 is 0 Å². The SMILES string of the molecule is CCc1nnc(SCC(=O)Nc2ccc(F)cc2F)o1. The number of hydrogen-bond donors (Lipinski definition) is 1. The van der Waals surface area contributed by atoms with Crippen LogP contribution in [-0.2, 0) is 11.2 Å². The zero-order chi connectivity index (χ0) is 14.5. The lowest BCUT2D eigenvalue weighted by atomic mass is 10.3. The number of nitrogens with zero attached hydrogens (tertiary/aromatic N) is 2. The van der Waals surface area contributed by atoms with Gasteiger partial charge in [0.2, 0.25) is 11.8 Å². The second-order valence-electron chi connectivity index (χ2n) is 3.78. The van der Waals surface area contributed by atoms with Crippen LogP contribution >= 0.6 is 11.8 Å². The van der Waals surface area contributed by atoms with Crippen molar-refractivity contribution in [2.24, 2.45) is 0 Å². The summed E-state index contributed by atoms with van der Waals surface area (Å²) in [5.74, 6) is -1.50. The van der Waals surface area contributed by atoms with Crippen LogP contribution in [0.3, 0.4) is 0 Å². The number of hydrogen-bond acceptors (Lipinski definition) is 5. The van der Waals surface area contributed by atoms with Gasteiger partial charge in [-0.2, -0.15) is 0 Å². The average molecular weight is 299 g/mol. The van der Waals surface area contributed by atoms with E-state index in [0.29, 0.717) is 18.4 Å². The van der Waals surface area contributed by atoms with Gasteiger partial charge in [-0.3, -0.25) is 4.79 Å². The molecule has 0 saturated heterocycles. The number of thioether (sulfide) groups is 1. The molecule has 106 valence electrons. The summed E-state index contributed by atoms with van der Waals surface area (Å²) in [7, 11) is 0. The number of nitrogens with one attached hydrogen (secondary N) is 1. The van der Waals surface area contributed by atoms with Crippen molar-refractivity contribution in [2.45, 2.75) is 18.6 Å². The first-order valence-electron chi connectivity index (χ1n) is 5.78. The number of amides is 1. The lowest BCUT2D eigenvalue weighted by Crippen LogP contribution is -2.15. The topological polar surface area (TPSA) is 68.0 Å². The third-order valence-electron chi connectivity index (χ3n) is 2.28. The molecule has 0 aliphatic carbocycles. The first-order chi connectivity index (χ1) is 9.58. The van der Waals surface area contributed by atoms with Crippen molar-refractivity contribution >= 4 is 23.4 Å². The molecule has 5 nitrogen and oxygen atoms in total. The third kappa shape index (κ3) is 3.77. The molecule has 8 heteroatoms. The van der Waals surface area contributed by atoms with Crippen molar-refractivity contribution in [3.8, 4) is 0 Å². The van der Waals surface area contributed by atoms with Crippen LogP contribution in [0.5, 0.6) is 0 Å². The summed E-state index contributed by atoms with van der Waals surface area (Å²) < 4.78 is 31.2. The molecule has 0 radical (unpaired) electrons. The molecule has 0 aliphatic rings. The monoisotopic (exact) mass is 299 g/mol. The van der Waals surface area contributed by atoms with Gasteiger partial charge in [-0.25, -0.2) is 8.78 Å². The normalized spacial score (nSPS) is 10.6. The molecular formula is C12H11F2N3O2S. The molecular weight excluding hydrogens is 288 g/mol. The van der Waals surface area contributed by atoms with Crippen molar-refractivity contribution < 1.29 is 18.0 Å². The Morgan fingerprint density at radius 3 is 2.85 bits per heavy atom. The van der Waals surface area contributed by atoms with Gasteiger partial charge < -0.3 is 9.73 Å². The summed E-state index contributed by atoms with van der Waals surface area (Å²) >= 11 is 1.04.